The summed E-state index contributed by atoms with van der Waals surface area (Å²) in [4.78, 5) is 14.6. The lowest BCUT2D eigenvalue weighted by atomic mass is 10.3. The molecule has 0 bridgehead atoms. The highest BCUT2D eigenvalue weighted by Crippen LogP contribution is 2.17. The Balaban J connectivity index is 2.33. The van der Waals surface area contributed by atoms with Crippen LogP contribution in [-0.4, -0.2) is 21.8 Å². The van der Waals surface area contributed by atoms with E-state index < -0.39 is 5.97 Å². The minimum Gasteiger partial charge on any atom is -0.478 e. The van der Waals surface area contributed by atoms with E-state index in [-0.39, 0.29) is 5.56 Å². The molecule has 1 aromatic heterocycles. The number of carbonyl (C=O) groups is 1. The maximum Gasteiger partial charge on any atom is 0.337 e. The Morgan fingerprint density at radius 2 is 2.31 bits per heavy atom. The van der Waals surface area contributed by atoms with Gasteiger partial charge in [-0.1, -0.05) is 0 Å². The monoisotopic (exact) mass is 236 g/mol. The molecule has 0 fully saturated rings. The van der Waals surface area contributed by atoms with Gasteiger partial charge in [0.25, 0.3) is 0 Å². The first-order chi connectivity index (χ1) is 7.74. The van der Waals surface area contributed by atoms with Gasteiger partial charge in [0.15, 0.2) is 0 Å². The van der Waals surface area contributed by atoms with Crippen molar-refractivity contribution < 1.29 is 9.90 Å². The van der Waals surface area contributed by atoms with Gasteiger partial charge in [0.2, 0.25) is 0 Å². The number of hydrogen-bond donors (Lipinski definition) is 1. The molecule has 16 heavy (non-hydrogen) atoms. The van der Waals surface area contributed by atoms with Gasteiger partial charge in [0.1, 0.15) is 0 Å². The third-order valence-electron chi connectivity index (χ3n) is 1.92. The van der Waals surface area contributed by atoms with Gasteiger partial charge in [-0.15, -0.1) is 11.8 Å². The van der Waals surface area contributed by atoms with E-state index in [0.29, 0.717) is 6.42 Å². The molecule has 5 heteroatoms. The van der Waals surface area contributed by atoms with Crippen molar-refractivity contribution in [3.05, 3.63) is 23.9 Å². The van der Waals surface area contributed by atoms with Gasteiger partial charge in [0.05, 0.1) is 16.7 Å². The third kappa shape index (κ3) is 4.32. The summed E-state index contributed by atoms with van der Waals surface area (Å²) in [5.74, 6) is -0.0563. The molecule has 0 saturated heterocycles. The predicted octanol–water partition coefficient (Wildman–Crippen LogP) is 2.57. The summed E-state index contributed by atoms with van der Waals surface area (Å²) in [5, 5.41) is 17.8. The van der Waals surface area contributed by atoms with Crippen LogP contribution in [0.4, 0.5) is 0 Å². The van der Waals surface area contributed by atoms with Crippen LogP contribution in [0.1, 0.15) is 29.6 Å². The quantitative estimate of drug-likeness (QED) is 0.607. The normalized spacial score (nSPS) is 9.69. The summed E-state index contributed by atoms with van der Waals surface area (Å²) in [5.41, 5.74) is 0.203. The summed E-state index contributed by atoms with van der Waals surface area (Å²) in [6, 6.07) is 5.35. The molecule has 0 aliphatic rings. The lowest BCUT2D eigenvalue weighted by molar-refractivity contribution is 0.0696. The van der Waals surface area contributed by atoms with Crippen molar-refractivity contribution >= 4 is 17.7 Å². The number of hydrogen-bond acceptors (Lipinski definition) is 4. The molecule has 84 valence electrons. The average molecular weight is 236 g/mol. The topological polar surface area (TPSA) is 74.0 Å². The summed E-state index contributed by atoms with van der Waals surface area (Å²) in [6.07, 6.45) is 3.82. The molecule has 1 heterocycles. The number of unbranched alkanes of at least 4 members (excludes halogenated alkanes) is 2. The van der Waals surface area contributed by atoms with Crippen LogP contribution in [-0.2, 0) is 0 Å². The molecule has 1 N–H and O–H groups in total. The van der Waals surface area contributed by atoms with Crippen molar-refractivity contribution in [1.29, 1.82) is 5.26 Å². The first kappa shape index (κ1) is 12.5. The van der Waals surface area contributed by atoms with Crippen LogP contribution in [0.3, 0.4) is 0 Å². The highest BCUT2D eigenvalue weighted by Gasteiger charge is 2.02. The van der Waals surface area contributed by atoms with E-state index in [1.54, 1.807) is 23.9 Å². The summed E-state index contributed by atoms with van der Waals surface area (Å²) < 4.78 is 0. The lowest BCUT2D eigenvalue weighted by Crippen LogP contribution is -1.96. The zero-order valence-corrected chi connectivity index (χ0v) is 9.54. The SMILES string of the molecule is N#CCCCCSc1ccc(C(=O)O)cn1. The van der Waals surface area contributed by atoms with Crippen LogP contribution < -0.4 is 0 Å². The molecule has 0 aliphatic heterocycles. The number of thioether (sulfide) groups is 1. The third-order valence-corrected chi connectivity index (χ3v) is 2.95. The molecule has 0 atom stereocenters. The number of aromatic nitrogens is 1. The first-order valence-electron chi connectivity index (χ1n) is 4.93. The zero-order valence-electron chi connectivity index (χ0n) is 8.72. The zero-order chi connectivity index (χ0) is 11.8. The van der Waals surface area contributed by atoms with Gasteiger partial charge in [-0.25, -0.2) is 9.78 Å². The fourth-order valence-electron chi connectivity index (χ4n) is 1.08. The van der Waals surface area contributed by atoms with Gasteiger partial charge in [-0.3, -0.25) is 0 Å². The van der Waals surface area contributed by atoms with Crippen molar-refractivity contribution in [3.8, 4) is 6.07 Å². The number of rotatable bonds is 6. The molecule has 0 aliphatic carbocycles. The Hall–Kier alpha value is -1.54. The maximum atomic E-state index is 10.6. The van der Waals surface area contributed by atoms with Gasteiger partial charge in [-0.2, -0.15) is 5.26 Å². The number of carboxylic acid groups (broad SMARTS) is 1. The van der Waals surface area contributed by atoms with Gasteiger partial charge >= 0.3 is 5.97 Å². The van der Waals surface area contributed by atoms with E-state index in [4.69, 9.17) is 10.4 Å². The summed E-state index contributed by atoms with van der Waals surface area (Å²) in [6.45, 7) is 0. The minimum absolute atomic E-state index is 0.203. The highest BCUT2D eigenvalue weighted by atomic mass is 32.2. The Bertz CT molecular complexity index is 384. The molecule has 0 unspecified atom stereocenters. The van der Waals surface area contributed by atoms with E-state index >= 15 is 0 Å². The fraction of sp³-hybridized carbons (Fsp3) is 0.364. The van der Waals surface area contributed by atoms with Crippen molar-refractivity contribution in [3.63, 3.8) is 0 Å². The average Bonchev–Trinajstić information content (AvgIpc) is 2.29. The van der Waals surface area contributed by atoms with E-state index in [0.717, 1.165) is 23.6 Å². The van der Waals surface area contributed by atoms with E-state index in [9.17, 15) is 4.79 Å². The van der Waals surface area contributed by atoms with Gasteiger partial charge in [-0.05, 0) is 30.7 Å². The number of nitrogens with zero attached hydrogens (tertiary/aromatic N) is 2. The standard InChI is InChI=1S/C11H12N2O2S/c12-6-2-1-3-7-16-10-5-4-9(8-13-10)11(14)15/h4-5,8H,1-3,7H2,(H,14,15). The molecule has 1 rings (SSSR count). The summed E-state index contributed by atoms with van der Waals surface area (Å²) in [7, 11) is 0. The Morgan fingerprint density at radius 3 is 2.88 bits per heavy atom. The van der Waals surface area contributed by atoms with E-state index in [2.05, 4.69) is 11.1 Å². The van der Waals surface area contributed by atoms with Crippen LogP contribution in [0.15, 0.2) is 23.4 Å². The van der Waals surface area contributed by atoms with Crippen LogP contribution in [0.2, 0.25) is 0 Å². The number of aromatic carboxylic acids is 1. The molecular weight excluding hydrogens is 224 g/mol. The lowest BCUT2D eigenvalue weighted by Gasteiger charge is -2.00. The molecule has 1 aromatic rings. The van der Waals surface area contributed by atoms with Crippen LogP contribution >= 0.6 is 11.8 Å². The molecule has 0 saturated carbocycles. The molecule has 0 amide bonds. The van der Waals surface area contributed by atoms with Crippen molar-refractivity contribution in [2.45, 2.75) is 24.3 Å². The maximum absolute atomic E-state index is 10.6. The minimum atomic E-state index is -0.960. The van der Waals surface area contributed by atoms with Gasteiger partial charge < -0.3 is 5.11 Å². The number of pyridine rings is 1. The molecule has 4 nitrogen and oxygen atoms in total. The van der Waals surface area contributed by atoms with Gasteiger partial charge in [0, 0.05) is 12.6 Å². The second-order valence-electron chi connectivity index (χ2n) is 3.15. The van der Waals surface area contributed by atoms with Crippen molar-refractivity contribution in [2.75, 3.05) is 5.75 Å². The Labute approximate surface area is 98.3 Å². The van der Waals surface area contributed by atoms with Crippen molar-refractivity contribution in [1.82, 2.24) is 4.98 Å². The van der Waals surface area contributed by atoms with Crippen LogP contribution in [0, 0.1) is 11.3 Å². The number of nitriles is 1. The Morgan fingerprint density at radius 1 is 1.50 bits per heavy atom. The second-order valence-corrected chi connectivity index (χ2v) is 4.27. The second kappa shape index (κ2) is 6.85. The smallest absolute Gasteiger partial charge is 0.337 e. The van der Waals surface area contributed by atoms with Crippen LogP contribution in [0.25, 0.3) is 0 Å². The highest BCUT2D eigenvalue weighted by molar-refractivity contribution is 7.99. The largest absolute Gasteiger partial charge is 0.478 e. The van der Waals surface area contributed by atoms with E-state index in [1.165, 1.54) is 6.20 Å². The molecule has 0 radical (unpaired) electrons. The van der Waals surface area contributed by atoms with E-state index in [1.807, 2.05) is 0 Å². The van der Waals surface area contributed by atoms with Crippen molar-refractivity contribution in [2.24, 2.45) is 0 Å². The molecular formula is C11H12N2O2S. The first-order valence-corrected chi connectivity index (χ1v) is 5.91. The Kier molecular flexibility index (Phi) is 5.37. The fourth-order valence-corrected chi connectivity index (χ4v) is 1.92. The van der Waals surface area contributed by atoms with Crippen LogP contribution in [0.5, 0.6) is 0 Å². The summed E-state index contributed by atoms with van der Waals surface area (Å²) >= 11 is 1.58. The molecule has 0 aromatic carbocycles. The molecule has 0 spiro atoms. The number of carboxylic acids is 1. The predicted molar refractivity (Wildman–Crippen MR) is 61.4 cm³/mol.